The number of hydrogen-bond acceptors (Lipinski definition) is 2. The lowest BCUT2D eigenvalue weighted by molar-refractivity contribution is -0.139. The molecular weight excluding hydrogens is 263 g/mol. The average Bonchev–Trinajstić information content (AvgIpc) is 2.21. The first kappa shape index (κ1) is 11.7. The van der Waals surface area contributed by atoms with Crippen LogP contribution in [0.2, 0.25) is 0 Å². The predicted molar refractivity (Wildman–Crippen MR) is 57.6 cm³/mol. The summed E-state index contributed by atoms with van der Waals surface area (Å²) in [5.41, 5.74) is 0.639. The van der Waals surface area contributed by atoms with Gasteiger partial charge >= 0.3 is 5.97 Å². The van der Waals surface area contributed by atoms with E-state index in [1.807, 2.05) is 0 Å². The van der Waals surface area contributed by atoms with Gasteiger partial charge in [0, 0.05) is 10.0 Å². The summed E-state index contributed by atoms with van der Waals surface area (Å²) in [5.74, 6) is 4.66. The summed E-state index contributed by atoms with van der Waals surface area (Å²) in [5, 5.41) is 0. The van der Waals surface area contributed by atoms with Gasteiger partial charge in [0.15, 0.2) is 0 Å². The van der Waals surface area contributed by atoms with Crippen molar-refractivity contribution in [2.45, 2.75) is 6.42 Å². The highest BCUT2D eigenvalue weighted by atomic mass is 79.9. The molecule has 4 heteroatoms. The van der Waals surface area contributed by atoms with Crippen LogP contribution in [0, 0.1) is 17.7 Å². The lowest BCUT2D eigenvalue weighted by Gasteiger charge is -1.95. The van der Waals surface area contributed by atoms with Crippen molar-refractivity contribution in [3.8, 4) is 11.8 Å². The molecule has 0 heterocycles. The number of benzene rings is 1. The second-order valence-corrected chi connectivity index (χ2v) is 3.53. The van der Waals surface area contributed by atoms with E-state index in [1.54, 1.807) is 6.07 Å². The maximum absolute atomic E-state index is 12.7. The van der Waals surface area contributed by atoms with Crippen LogP contribution in [0.5, 0.6) is 0 Å². The van der Waals surface area contributed by atoms with E-state index in [0.29, 0.717) is 10.0 Å². The second kappa shape index (κ2) is 5.52. The predicted octanol–water partition coefficient (Wildman–Crippen LogP) is 2.50. The Kier molecular flexibility index (Phi) is 4.32. The summed E-state index contributed by atoms with van der Waals surface area (Å²) < 4.78 is 17.7. The quantitative estimate of drug-likeness (QED) is 0.579. The fourth-order valence-corrected chi connectivity index (χ4v) is 1.32. The zero-order valence-corrected chi connectivity index (χ0v) is 9.60. The minimum atomic E-state index is -0.388. The Morgan fingerprint density at radius 1 is 1.60 bits per heavy atom. The van der Waals surface area contributed by atoms with Crippen molar-refractivity contribution in [2.75, 3.05) is 7.11 Å². The normalized spacial score (nSPS) is 9.00. The van der Waals surface area contributed by atoms with Crippen molar-refractivity contribution >= 4 is 21.9 Å². The topological polar surface area (TPSA) is 26.3 Å². The Labute approximate surface area is 95.6 Å². The molecule has 1 aromatic rings. The second-order valence-electron chi connectivity index (χ2n) is 2.68. The molecule has 1 aromatic carbocycles. The summed E-state index contributed by atoms with van der Waals surface area (Å²) in [6, 6.07) is 4.18. The van der Waals surface area contributed by atoms with Gasteiger partial charge in [-0.15, -0.1) is 0 Å². The lowest BCUT2D eigenvalue weighted by atomic mass is 10.2. The van der Waals surface area contributed by atoms with Gasteiger partial charge in [-0.2, -0.15) is 0 Å². The molecule has 0 spiro atoms. The summed E-state index contributed by atoms with van der Waals surface area (Å²) in [6.07, 6.45) is 0.0281. The van der Waals surface area contributed by atoms with Crippen molar-refractivity contribution in [1.82, 2.24) is 0 Å². The fourth-order valence-electron chi connectivity index (χ4n) is 0.875. The van der Waals surface area contributed by atoms with Gasteiger partial charge in [0.25, 0.3) is 0 Å². The first-order chi connectivity index (χ1) is 7.13. The van der Waals surface area contributed by atoms with Crippen LogP contribution in [-0.2, 0) is 9.53 Å². The summed E-state index contributed by atoms with van der Waals surface area (Å²) in [4.78, 5) is 10.7. The zero-order chi connectivity index (χ0) is 11.3. The highest BCUT2D eigenvalue weighted by Crippen LogP contribution is 2.16. The Balaban J connectivity index is 2.76. The molecule has 0 unspecified atom stereocenters. The number of ether oxygens (including phenoxy) is 1. The zero-order valence-electron chi connectivity index (χ0n) is 8.01. The van der Waals surface area contributed by atoms with Crippen LogP contribution in [0.4, 0.5) is 4.39 Å². The molecule has 0 aromatic heterocycles. The Morgan fingerprint density at radius 2 is 2.33 bits per heavy atom. The third-order valence-corrected chi connectivity index (χ3v) is 2.27. The molecule has 0 amide bonds. The molecule has 15 heavy (non-hydrogen) atoms. The largest absolute Gasteiger partial charge is 0.468 e. The van der Waals surface area contributed by atoms with Gasteiger partial charge in [-0.25, -0.2) is 4.39 Å². The fraction of sp³-hybridized carbons (Fsp3) is 0.182. The van der Waals surface area contributed by atoms with Crippen molar-refractivity contribution in [3.05, 3.63) is 34.1 Å². The highest BCUT2D eigenvalue weighted by molar-refractivity contribution is 9.10. The van der Waals surface area contributed by atoms with Gasteiger partial charge in [0.2, 0.25) is 0 Å². The minimum Gasteiger partial charge on any atom is -0.468 e. The third kappa shape index (κ3) is 3.72. The van der Waals surface area contributed by atoms with Gasteiger partial charge in [0.05, 0.1) is 7.11 Å². The van der Waals surface area contributed by atoms with E-state index in [4.69, 9.17) is 0 Å². The number of hydrogen-bond donors (Lipinski definition) is 0. The Bertz CT molecular complexity index is 432. The van der Waals surface area contributed by atoms with Crippen molar-refractivity contribution in [3.63, 3.8) is 0 Å². The number of methoxy groups -OCH3 is 1. The van der Waals surface area contributed by atoms with E-state index in [9.17, 15) is 9.18 Å². The molecule has 0 N–H and O–H groups in total. The molecule has 0 atom stereocenters. The van der Waals surface area contributed by atoms with Gasteiger partial charge < -0.3 is 4.74 Å². The molecule has 78 valence electrons. The van der Waals surface area contributed by atoms with Crippen LogP contribution in [0.15, 0.2) is 22.7 Å². The lowest BCUT2D eigenvalue weighted by Crippen LogP contribution is -1.97. The van der Waals surface area contributed by atoms with Crippen LogP contribution in [-0.4, -0.2) is 13.1 Å². The SMILES string of the molecule is COC(=O)CC#Cc1ccc(F)cc1Br. The van der Waals surface area contributed by atoms with Crippen LogP contribution >= 0.6 is 15.9 Å². The maximum atomic E-state index is 12.7. The van der Waals surface area contributed by atoms with Gasteiger partial charge in [-0.3, -0.25) is 4.79 Å². The van der Waals surface area contributed by atoms with Gasteiger partial charge in [-0.1, -0.05) is 11.8 Å². The van der Waals surface area contributed by atoms with Crippen LogP contribution in [0.1, 0.15) is 12.0 Å². The molecule has 2 nitrogen and oxygen atoms in total. The van der Waals surface area contributed by atoms with E-state index >= 15 is 0 Å². The van der Waals surface area contributed by atoms with Crippen molar-refractivity contribution < 1.29 is 13.9 Å². The number of esters is 1. The molecule has 0 saturated heterocycles. The minimum absolute atomic E-state index is 0.0281. The van der Waals surface area contributed by atoms with E-state index in [0.717, 1.165) is 0 Å². The van der Waals surface area contributed by atoms with Crippen molar-refractivity contribution in [1.29, 1.82) is 0 Å². The Hall–Kier alpha value is -1.34. The molecule has 0 saturated carbocycles. The standard InChI is InChI=1S/C11H8BrFO2/c1-15-11(14)4-2-3-8-5-6-9(13)7-10(8)12/h5-7H,4H2,1H3. The van der Waals surface area contributed by atoms with E-state index < -0.39 is 0 Å². The Morgan fingerprint density at radius 3 is 2.93 bits per heavy atom. The monoisotopic (exact) mass is 270 g/mol. The smallest absolute Gasteiger partial charge is 0.317 e. The third-order valence-electron chi connectivity index (χ3n) is 1.61. The maximum Gasteiger partial charge on any atom is 0.317 e. The molecule has 0 bridgehead atoms. The summed E-state index contributed by atoms with van der Waals surface area (Å²) in [6.45, 7) is 0. The number of rotatable bonds is 1. The molecular formula is C11H8BrFO2. The van der Waals surface area contributed by atoms with Crippen LogP contribution in [0.3, 0.4) is 0 Å². The number of carbonyl (C=O) groups excluding carboxylic acids is 1. The summed E-state index contributed by atoms with van der Waals surface area (Å²) >= 11 is 3.17. The van der Waals surface area contributed by atoms with E-state index in [2.05, 4.69) is 32.5 Å². The highest BCUT2D eigenvalue weighted by Gasteiger charge is 1.98. The molecule has 1 rings (SSSR count). The average molecular weight is 271 g/mol. The molecule has 0 aliphatic carbocycles. The molecule has 0 aliphatic rings. The summed E-state index contributed by atoms with van der Waals surface area (Å²) in [7, 11) is 1.30. The first-order valence-electron chi connectivity index (χ1n) is 4.14. The molecule has 0 aliphatic heterocycles. The first-order valence-corrected chi connectivity index (χ1v) is 4.93. The van der Waals surface area contributed by atoms with E-state index in [-0.39, 0.29) is 18.2 Å². The van der Waals surface area contributed by atoms with Gasteiger partial charge in [0.1, 0.15) is 12.2 Å². The number of carbonyl (C=O) groups is 1. The molecule has 0 radical (unpaired) electrons. The van der Waals surface area contributed by atoms with Gasteiger partial charge in [-0.05, 0) is 34.1 Å². The number of halogens is 2. The van der Waals surface area contributed by atoms with E-state index in [1.165, 1.54) is 19.2 Å². The van der Waals surface area contributed by atoms with Crippen molar-refractivity contribution in [2.24, 2.45) is 0 Å². The van der Waals surface area contributed by atoms with Crippen LogP contribution < -0.4 is 0 Å². The molecule has 0 fully saturated rings. The van der Waals surface area contributed by atoms with Crippen LogP contribution in [0.25, 0.3) is 0 Å².